The van der Waals surface area contributed by atoms with Gasteiger partial charge in [0.05, 0.1) is 5.97 Å². The van der Waals surface area contributed by atoms with Gasteiger partial charge in [-0.05, 0) is 55.0 Å². The zero-order valence-electron chi connectivity index (χ0n) is 16.8. The van der Waals surface area contributed by atoms with Crippen molar-refractivity contribution in [2.75, 3.05) is 19.8 Å². The molecule has 0 saturated carbocycles. The number of carboxylic acids is 1. The van der Waals surface area contributed by atoms with Gasteiger partial charge in [-0.2, -0.15) is 0 Å². The van der Waals surface area contributed by atoms with Gasteiger partial charge in [-0.1, -0.05) is 30.3 Å². The Morgan fingerprint density at radius 2 is 1.97 bits per heavy atom. The molecule has 3 rings (SSSR count). The summed E-state index contributed by atoms with van der Waals surface area (Å²) in [5.74, 6) is 0.144. The van der Waals surface area contributed by atoms with Crippen molar-refractivity contribution in [3.05, 3.63) is 59.7 Å². The Kier molecular flexibility index (Phi) is 9.97. The predicted molar refractivity (Wildman–Crippen MR) is 103 cm³/mol. The maximum Gasteiger partial charge on any atom is 1.00 e. The molecule has 0 spiro atoms. The van der Waals surface area contributed by atoms with E-state index in [0.29, 0.717) is 12.3 Å². The number of aliphatic hydroxyl groups excluding tert-OH is 1. The van der Waals surface area contributed by atoms with E-state index in [-0.39, 0.29) is 42.2 Å². The van der Waals surface area contributed by atoms with Gasteiger partial charge in [0.1, 0.15) is 30.8 Å². The number of fused-ring (bicyclic) bond motifs is 1. The summed E-state index contributed by atoms with van der Waals surface area (Å²) in [5.41, 5.74) is 2.22. The van der Waals surface area contributed by atoms with Crippen LogP contribution >= 0.6 is 0 Å². The van der Waals surface area contributed by atoms with Gasteiger partial charge in [-0.25, -0.2) is 0 Å². The third kappa shape index (κ3) is 7.64. The second kappa shape index (κ2) is 12.2. The number of rotatable bonds is 9. The van der Waals surface area contributed by atoms with Crippen LogP contribution in [0.3, 0.4) is 0 Å². The van der Waals surface area contributed by atoms with Crippen molar-refractivity contribution in [3.63, 3.8) is 0 Å². The van der Waals surface area contributed by atoms with Crippen LogP contribution in [0.2, 0.25) is 0 Å². The molecule has 2 aromatic rings. The molecular weight excluding hydrogens is 381 g/mol. The van der Waals surface area contributed by atoms with E-state index in [1.54, 1.807) is 6.07 Å². The molecule has 0 aliphatic heterocycles. The number of carbonyl (C=O) groups is 1. The normalized spacial score (nSPS) is 16.7. The Morgan fingerprint density at radius 3 is 2.72 bits per heavy atom. The van der Waals surface area contributed by atoms with Crippen LogP contribution in [-0.2, 0) is 17.6 Å². The summed E-state index contributed by atoms with van der Waals surface area (Å²) in [6.07, 6.45) is 3.00. The smallest absolute Gasteiger partial charge is 0.546 e. The molecule has 0 radical (unpaired) electrons. The van der Waals surface area contributed by atoms with Crippen LogP contribution in [0.1, 0.15) is 24.0 Å². The van der Waals surface area contributed by atoms with Gasteiger partial charge in [0.25, 0.3) is 0 Å². The van der Waals surface area contributed by atoms with E-state index in [0.717, 1.165) is 42.6 Å². The van der Waals surface area contributed by atoms with Crippen LogP contribution in [0, 0.1) is 0 Å². The van der Waals surface area contributed by atoms with Crippen molar-refractivity contribution >= 4 is 5.97 Å². The quantitative estimate of drug-likeness (QED) is 0.373. The second-order valence-electron chi connectivity index (χ2n) is 7.03. The van der Waals surface area contributed by atoms with E-state index in [9.17, 15) is 15.0 Å². The van der Waals surface area contributed by atoms with Crippen LogP contribution in [0.25, 0.3) is 0 Å². The van der Waals surface area contributed by atoms with Gasteiger partial charge < -0.3 is 29.8 Å². The monoisotopic (exact) mass is 407 g/mol. The summed E-state index contributed by atoms with van der Waals surface area (Å²) in [7, 11) is 0. The van der Waals surface area contributed by atoms with Crippen molar-refractivity contribution in [2.45, 2.75) is 37.8 Å². The molecule has 7 heteroatoms. The molecule has 6 nitrogen and oxygen atoms in total. The average molecular weight is 407 g/mol. The molecule has 29 heavy (non-hydrogen) atoms. The zero-order valence-corrected chi connectivity index (χ0v) is 18.8. The summed E-state index contributed by atoms with van der Waals surface area (Å²) >= 11 is 0. The maximum atomic E-state index is 10.7. The maximum absolute atomic E-state index is 10.7. The Balaban J connectivity index is 0.00000300. The van der Waals surface area contributed by atoms with Crippen molar-refractivity contribution in [1.82, 2.24) is 5.32 Å². The third-order valence-corrected chi connectivity index (χ3v) is 4.85. The minimum atomic E-state index is -1.22. The van der Waals surface area contributed by atoms with E-state index < -0.39 is 18.7 Å². The number of hydrogen-bond acceptors (Lipinski definition) is 6. The average Bonchev–Trinajstić information content (AvgIpc) is 2.92. The molecule has 2 aromatic carbocycles. The van der Waals surface area contributed by atoms with Crippen molar-refractivity contribution in [3.8, 4) is 11.5 Å². The first-order valence-electron chi connectivity index (χ1n) is 9.64. The van der Waals surface area contributed by atoms with Crippen LogP contribution in [-0.4, -0.2) is 43.0 Å². The molecule has 1 aliphatic rings. The van der Waals surface area contributed by atoms with Crippen LogP contribution in [0.15, 0.2) is 48.5 Å². The second-order valence-corrected chi connectivity index (χ2v) is 7.03. The summed E-state index contributed by atoms with van der Waals surface area (Å²) in [5, 5.41) is 24.3. The molecular formula is C22H26NNaO5. The SMILES string of the molecule is O=C([O-])COc1cccc2c1CCCC(NC[C@H](O)COc1ccccc1)C2.[Na+]. The van der Waals surface area contributed by atoms with Crippen molar-refractivity contribution < 1.29 is 54.0 Å². The number of carboxylic acid groups (broad SMARTS) is 1. The fourth-order valence-corrected chi connectivity index (χ4v) is 3.50. The van der Waals surface area contributed by atoms with E-state index in [4.69, 9.17) is 9.47 Å². The fourth-order valence-electron chi connectivity index (χ4n) is 3.50. The van der Waals surface area contributed by atoms with Gasteiger partial charge in [-0.3, -0.25) is 0 Å². The van der Waals surface area contributed by atoms with E-state index >= 15 is 0 Å². The first-order chi connectivity index (χ1) is 13.6. The Hall–Kier alpha value is -1.57. The molecule has 0 amide bonds. The summed E-state index contributed by atoms with van der Waals surface area (Å²) < 4.78 is 11.0. The molecule has 150 valence electrons. The molecule has 0 saturated heterocycles. The van der Waals surface area contributed by atoms with Crippen molar-refractivity contribution in [1.29, 1.82) is 0 Å². The topological polar surface area (TPSA) is 90.9 Å². The Labute approximate surface area is 193 Å². The third-order valence-electron chi connectivity index (χ3n) is 4.85. The number of benzene rings is 2. The largest absolute Gasteiger partial charge is 1.00 e. The molecule has 0 heterocycles. The molecule has 2 N–H and O–H groups in total. The first-order valence-corrected chi connectivity index (χ1v) is 9.64. The summed E-state index contributed by atoms with van der Waals surface area (Å²) in [4.78, 5) is 10.7. The summed E-state index contributed by atoms with van der Waals surface area (Å²) in [6.45, 7) is 0.251. The number of hydrogen-bond donors (Lipinski definition) is 2. The minimum Gasteiger partial charge on any atom is -0.546 e. The molecule has 0 aromatic heterocycles. The molecule has 0 bridgehead atoms. The predicted octanol–water partition coefficient (Wildman–Crippen LogP) is -1.90. The molecule has 0 fully saturated rings. The van der Waals surface area contributed by atoms with Crippen molar-refractivity contribution in [2.24, 2.45) is 0 Å². The summed E-state index contributed by atoms with van der Waals surface area (Å²) in [6, 6.07) is 15.4. The van der Waals surface area contributed by atoms with E-state index in [1.165, 1.54) is 0 Å². The number of para-hydroxylation sites is 1. The molecule has 1 aliphatic carbocycles. The van der Waals surface area contributed by atoms with E-state index in [1.807, 2.05) is 36.4 Å². The molecule has 1 unspecified atom stereocenters. The van der Waals surface area contributed by atoms with Crippen LogP contribution in [0.4, 0.5) is 0 Å². The molecule has 2 atom stereocenters. The minimum absolute atomic E-state index is 0. The standard InChI is InChI=1S/C22H27NO5.Na/c24-18(14-27-19-8-2-1-3-9-19)13-23-17-7-5-10-20-16(12-17)6-4-11-21(20)28-15-22(25)26;/h1-4,6,8-9,11,17-18,23-24H,5,7,10,12-15H2,(H,25,26);/q;+1/p-1/t17?,18-;/m0./s1. The Bertz CT molecular complexity index is 771. The number of carbonyl (C=O) groups excluding carboxylic acids is 1. The fraction of sp³-hybridized carbons (Fsp3) is 0.409. The van der Waals surface area contributed by atoms with E-state index in [2.05, 4.69) is 11.4 Å². The van der Waals surface area contributed by atoms with Gasteiger partial charge >= 0.3 is 29.6 Å². The van der Waals surface area contributed by atoms with Gasteiger partial charge in [0.15, 0.2) is 0 Å². The zero-order chi connectivity index (χ0) is 19.8. The Morgan fingerprint density at radius 1 is 1.17 bits per heavy atom. The number of aliphatic hydroxyl groups is 1. The number of aliphatic carboxylic acids is 1. The first kappa shape index (κ1) is 23.7. The van der Waals surface area contributed by atoms with Gasteiger partial charge in [-0.15, -0.1) is 0 Å². The van der Waals surface area contributed by atoms with Crippen LogP contribution < -0.4 is 49.5 Å². The van der Waals surface area contributed by atoms with Gasteiger partial charge in [0, 0.05) is 12.6 Å². The van der Waals surface area contributed by atoms with Gasteiger partial charge in [0.2, 0.25) is 0 Å². The van der Waals surface area contributed by atoms with Crippen LogP contribution in [0.5, 0.6) is 11.5 Å². The number of nitrogens with one attached hydrogen (secondary N) is 1. The number of ether oxygens (including phenoxy) is 2.